The Balaban J connectivity index is 1.70. The molecule has 0 bridgehead atoms. The Hall–Kier alpha value is -2.75. The van der Waals surface area contributed by atoms with E-state index in [-0.39, 0.29) is 5.78 Å². The molecule has 0 aromatic heterocycles. The number of carbonyl (C=O) groups excluding carboxylic acids is 1. The summed E-state index contributed by atoms with van der Waals surface area (Å²) in [4.78, 5) is 12.3. The van der Waals surface area contributed by atoms with E-state index in [1.807, 2.05) is 55.5 Å². The van der Waals surface area contributed by atoms with Crippen LogP contribution in [-0.2, 0) is 6.61 Å². The number of aryl methyl sites for hydroxylation is 1. The third kappa shape index (κ3) is 5.63. The first-order valence-electron chi connectivity index (χ1n) is 9.00. The van der Waals surface area contributed by atoms with E-state index in [4.69, 9.17) is 32.7 Å². The summed E-state index contributed by atoms with van der Waals surface area (Å²) in [5.41, 5.74) is 3.51. The second-order valence-electron chi connectivity index (χ2n) is 6.51. The lowest BCUT2D eigenvalue weighted by Crippen LogP contribution is -1.98. The molecule has 29 heavy (non-hydrogen) atoms. The van der Waals surface area contributed by atoms with E-state index in [0.29, 0.717) is 33.7 Å². The molecule has 0 heterocycles. The lowest BCUT2D eigenvalue weighted by Gasteiger charge is -2.12. The smallest absolute Gasteiger partial charge is 0.185 e. The Morgan fingerprint density at radius 3 is 2.38 bits per heavy atom. The van der Waals surface area contributed by atoms with E-state index in [1.165, 1.54) is 0 Å². The molecular formula is C24H20Cl2O3. The molecule has 0 aliphatic carbocycles. The van der Waals surface area contributed by atoms with Gasteiger partial charge in [0.05, 0.1) is 17.2 Å². The van der Waals surface area contributed by atoms with Gasteiger partial charge in [-0.05, 0) is 48.4 Å². The SMILES string of the molecule is COc1cc(C=CC(=O)c2ccc(C)cc2)ccc1OCc1ccc(Cl)c(Cl)c1. The maximum atomic E-state index is 12.3. The van der Waals surface area contributed by atoms with Crippen LogP contribution in [0.2, 0.25) is 10.0 Å². The third-order valence-corrected chi connectivity index (χ3v) is 5.07. The van der Waals surface area contributed by atoms with Gasteiger partial charge in [0.1, 0.15) is 6.61 Å². The Labute approximate surface area is 180 Å². The number of rotatable bonds is 7. The Morgan fingerprint density at radius 2 is 1.69 bits per heavy atom. The summed E-state index contributed by atoms with van der Waals surface area (Å²) < 4.78 is 11.3. The number of halogens is 2. The molecule has 3 aromatic carbocycles. The first-order valence-corrected chi connectivity index (χ1v) is 9.75. The fourth-order valence-electron chi connectivity index (χ4n) is 2.68. The highest BCUT2D eigenvalue weighted by Gasteiger charge is 2.07. The molecule has 5 heteroatoms. The Morgan fingerprint density at radius 1 is 0.931 bits per heavy atom. The van der Waals surface area contributed by atoms with Gasteiger partial charge in [-0.3, -0.25) is 4.79 Å². The standard InChI is InChI=1S/C24H20Cl2O3/c1-16-3-8-19(9-4-16)22(27)11-6-17-7-12-23(24(14-17)28-2)29-15-18-5-10-20(25)21(26)13-18/h3-14H,15H2,1-2H3. The predicted octanol–water partition coefficient (Wildman–Crippen LogP) is 6.79. The number of ether oxygens (including phenoxy) is 2. The highest BCUT2D eigenvalue weighted by Crippen LogP contribution is 2.30. The van der Waals surface area contributed by atoms with Gasteiger partial charge in [0.15, 0.2) is 17.3 Å². The number of ketones is 1. The molecule has 0 aliphatic rings. The molecule has 0 saturated heterocycles. The number of hydrogen-bond donors (Lipinski definition) is 0. The van der Waals surface area contributed by atoms with Crippen LogP contribution in [0.3, 0.4) is 0 Å². The van der Waals surface area contributed by atoms with Crippen molar-refractivity contribution < 1.29 is 14.3 Å². The van der Waals surface area contributed by atoms with Crippen molar-refractivity contribution in [3.63, 3.8) is 0 Å². The highest BCUT2D eigenvalue weighted by molar-refractivity contribution is 6.42. The first-order chi connectivity index (χ1) is 14.0. The van der Waals surface area contributed by atoms with E-state index < -0.39 is 0 Å². The minimum atomic E-state index is -0.0519. The summed E-state index contributed by atoms with van der Waals surface area (Å²) in [6, 6.07) is 18.3. The number of hydrogen-bond acceptors (Lipinski definition) is 3. The summed E-state index contributed by atoms with van der Waals surface area (Å²) in [6.07, 6.45) is 3.31. The van der Waals surface area contributed by atoms with E-state index in [9.17, 15) is 4.79 Å². The van der Waals surface area contributed by atoms with Crippen molar-refractivity contribution in [2.24, 2.45) is 0 Å². The number of allylic oxidation sites excluding steroid dienone is 1. The molecule has 0 saturated carbocycles. The first kappa shape index (κ1) is 21.0. The van der Waals surface area contributed by atoms with E-state index >= 15 is 0 Å². The molecule has 3 aromatic rings. The van der Waals surface area contributed by atoms with Crippen molar-refractivity contribution in [1.82, 2.24) is 0 Å². The molecule has 0 spiro atoms. The van der Waals surface area contributed by atoms with Crippen LogP contribution in [0.15, 0.2) is 66.7 Å². The molecule has 0 aliphatic heterocycles. The second-order valence-corrected chi connectivity index (χ2v) is 7.33. The molecule has 0 N–H and O–H groups in total. The van der Waals surface area contributed by atoms with Crippen molar-refractivity contribution in [2.45, 2.75) is 13.5 Å². The van der Waals surface area contributed by atoms with Gasteiger partial charge in [0.25, 0.3) is 0 Å². The van der Waals surface area contributed by atoms with Crippen molar-refractivity contribution in [3.05, 3.63) is 99.0 Å². The summed E-state index contributed by atoms with van der Waals surface area (Å²) in [7, 11) is 1.58. The highest BCUT2D eigenvalue weighted by atomic mass is 35.5. The average Bonchev–Trinajstić information content (AvgIpc) is 2.73. The molecule has 0 amide bonds. The maximum absolute atomic E-state index is 12.3. The van der Waals surface area contributed by atoms with Gasteiger partial charge < -0.3 is 9.47 Å². The molecule has 3 nitrogen and oxygen atoms in total. The zero-order chi connectivity index (χ0) is 20.8. The van der Waals surface area contributed by atoms with Crippen LogP contribution in [0.25, 0.3) is 6.08 Å². The molecule has 0 atom stereocenters. The number of methoxy groups -OCH3 is 1. The van der Waals surface area contributed by atoms with Crippen LogP contribution in [0.4, 0.5) is 0 Å². The summed E-state index contributed by atoms with van der Waals surface area (Å²) in [5.74, 6) is 1.12. The average molecular weight is 427 g/mol. The molecule has 0 fully saturated rings. The van der Waals surface area contributed by atoms with E-state index in [1.54, 1.807) is 31.4 Å². The topological polar surface area (TPSA) is 35.5 Å². The van der Waals surface area contributed by atoms with E-state index in [0.717, 1.165) is 16.7 Å². The normalized spacial score (nSPS) is 10.9. The summed E-state index contributed by atoms with van der Waals surface area (Å²) in [6.45, 7) is 2.32. The van der Waals surface area contributed by atoms with Gasteiger partial charge in [0.2, 0.25) is 0 Å². The van der Waals surface area contributed by atoms with E-state index in [2.05, 4.69) is 0 Å². The monoisotopic (exact) mass is 426 g/mol. The van der Waals surface area contributed by atoms with Gasteiger partial charge in [-0.2, -0.15) is 0 Å². The van der Waals surface area contributed by atoms with Crippen LogP contribution in [0.1, 0.15) is 27.0 Å². The second kappa shape index (κ2) is 9.64. The molecule has 0 unspecified atom stereocenters. The summed E-state index contributed by atoms with van der Waals surface area (Å²) >= 11 is 12.0. The van der Waals surface area contributed by atoms with Gasteiger partial charge in [-0.25, -0.2) is 0 Å². The van der Waals surface area contributed by atoms with Gasteiger partial charge in [0, 0.05) is 5.56 Å². The van der Waals surface area contributed by atoms with Gasteiger partial charge in [-0.1, -0.05) is 71.2 Å². The zero-order valence-electron chi connectivity index (χ0n) is 16.1. The van der Waals surface area contributed by atoms with Crippen LogP contribution < -0.4 is 9.47 Å². The maximum Gasteiger partial charge on any atom is 0.185 e. The van der Waals surface area contributed by atoms with Crippen molar-refractivity contribution >= 4 is 35.1 Å². The lowest BCUT2D eigenvalue weighted by atomic mass is 10.1. The molecule has 3 rings (SSSR count). The molecule has 0 radical (unpaired) electrons. The van der Waals surface area contributed by atoms with Crippen LogP contribution in [0, 0.1) is 6.92 Å². The van der Waals surface area contributed by atoms with Crippen LogP contribution >= 0.6 is 23.2 Å². The van der Waals surface area contributed by atoms with Crippen molar-refractivity contribution in [3.8, 4) is 11.5 Å². The van der Waals surface area contributed by atoms with Crippen LogP contribution in [-0.4, -0.2) is 12.9 Å². The summed E-state index contributed by atoms with van der Waals surface area (Å²) in [5, 5.41) is 0.989. The lowest BCUT2D eigenvalue weighted by molar-refractivity contribution is 0.104. The minimum absolute atomic E-state index is 0.0519. The van der Waals surface area contributed by atoms with Crippen molar-refractivity contribution in [2.75, 3.05) is 7.11 Å². The predicted molar refractivity (Wildman–Crippen MR) is 118 cm³/mol. The van der Waals surface area contributed by atoms with Crippen molar-refractivity contribution in [1.29, 1.82) is 0 Å². The number of benzene rings is 3. The Kier molecular flexibility index (Phi) is 6.97. The fraction of sp³-hybridized carbons (Fsp3) is 0.125. The molecule has 148 valence electrons. The van der Waals surface area contributed by atoms with Gasteiger partial charge >= 0.3 is 0 Å². The fourth-order valence-corrected chi connectivity index (χ4v) is 3.00. The zero-order valence-corrected chi connectivity index (χ0v) is 17.6. The third-order valence-electron chi connectivity index (χ3n) is 4.33. The molecular weight excluding hydrogens is 407 g/mol. The largest absolute Gasteiger partial charge is 0.493 e. The van der Waals surface area contributed by atoms with Gasteiger partial charge in [-0.15, -0.1) is 0 Å². The Bertz CT molecular complexity index is 1040. The number of carbonyl (C=O) groups is 1. The van der Waals surface area contributed by atoms with Crippen LogP contribution in [0.5, 0.6) is 11.5 Å². The quantitative estimate of drug-likeness (QED) is 0.308. The minimum Gasteiger partial charge on any atom is -0.493 e.